The van der Waals surface area contributed by atoms with Gasteiger partial charge in [-0.2, -0.15) is 0 Å². The second kappa shape index (κ2) is 5.89. The highest BCUT2D eigenvalue weighted by Crippen LogP contribution is 2.10. The molecule has 2 heteroatoms. The van der Waals surface area contributed by atoms with Crippen LogP contribution in [0.4, 0.5) is 0 Å². The van der Waals surface area contributed by atoms with Crippen molar-refractivity contribution in [3.63, 3.8) is 0 Å². The largest absolute Gasteiger partial charge is 0.396 e. The Bertz CT molecular complexity index is 309. The molecule has 0 radical (unpaired) electrons. The molecule has 0 saturated carbocycles. The molecule has 0 aliphatic carbocycles. The fraction of sp³-hybridized carbons (Fsp3) is 0.538. The topological polar surface area (TPSA) is 32.3 Å². The lowest BCUT2D eigenvalue weighted by Crippen LogP contribution is -2.26. The number of hydrogen-bond donors (Lipinski definition) is 2. The van der Waals surface area contributed by atoms with Crippen molar-refractivity contribution in [2.75, 3.05) is 6.61 Å². The summed E-state index contributed by atoms with van der Waals surface area (Å²) in [5.74, 6) is 0. The predicted molar refractivity (Wildman–Crippen MR) is 63.9 cm³/mol. The average Bonchev–Trinajstić information content (AvgIpc) is 2.17. The predicted octanol–water partition coefficient (Wildman–Crippen LogP) is 2.16. The molecule has 0 unspecified atom stereocenters. The first-order valence-electron chi connectivity index (χ1n) is 5.54. The number of aryl methyl sites for hydroxylation is 2. The van der Waals surface area contributed by atoms with Gasteiger partial charge in [-0.3, -0.25) is 0 Å². The van der Waals surface area contributed by atoms with Crippen molar-refractivity contribution in [3.05, 3.63) is 34.9 Å². The van der Waals surface area contributed by atoms with Crippen molar-refractivity contribution in [1.29, 1.82) is 0 Å². The van der Waals surface area contributed by atoms with Gasteiger partial charge in [0, 0.05) is 19.2 Å². The van der Waals surface area contributed by atoms with Crippen LogP contribution < -0.4 is 5.32 Å². The van der Waals surface area contributed by atoms with Crippen LogP contribution in [-0.4, -0.2) is 17.8 Å². The van der Waals surface area contributed by atoms with Crippen LogP contribution in [0.15, 0.2) is 18.2 Å². The van der Waals surface area contributed by atoms with Crippen LogP contribution in [0.3, 0.4) is 0 Å². The fourth-order valence-corrected chi connectivity index (χ4v) is 1.62. The molecule has 0 spiro atoms. The minimum atomic E-state index is 0.251. The number of benzene rings is 1. The van der Waals surface area contributed by atoms with Crippen molar-refractivity contribution >= 4 is 0 Å². The van der Waals surface area contributed by atoms with E-state index in [0.717, 1.165) is 13.0 Å². The van der Waals surface area contributed by atoms with Gasteiger partial charge in [-0.1, -0.05) is 23.8 Å². The van der Waals surface area contributed by atoms with Crippen molar-refractivity contribution in [2.24, 2.45) is 0 Å². The van der Waals surface area contributed by atoms with Crippen molar-refractivity contribution < 1.29 is 5.11 Å². The minimum absolute atomic E-state index is 0.251. The SMILES string of the molecule is Cc1ccc(CN[C@H](C)CCO)c(C)c1. The van der Waals surface area contributed by atoms with E-state index in [-0.39, 0.29) is 6.61 Å². The summed E-state index contributed by atoms with van der Waals surface area (Å²) >= 11 is 0. The third-order valence-electron chi connectivity index (χ3n) is 2.70. The van der Waals surface area contributed by atoms with Crippen LogP contribution in [0.2, 0.25) is 0 Å². The zero-order chi connectivity index (χ0) is 11.3. The number of rotatable bonds is 5. The Hall–Kier alpha value is -0.860. The van der Waals surface area contributed by atoms with Crippen LogP contribution in [0.1, 0.15) is 30.0 Å². The van der Waals surface area contributed by atoms with Gasteiger partial charge >= 0.3 is 0 Å². The Balaban J connectivity index is 2.50. The van der Waals surface area contributed by atoms with Crippen LogP contribution in [0, 0.1) is 13.8 Å². The van der Waals surface area contributed by atoms with Gasteiger partial charge in [0.1, 0.15) is 0 Å². The number of aliphatic hydroxyl groups excluding tert-OH is 1. The molecule has 1 atom stereocenters. The van der Waals surface area contributed by atoms with E-state index in [4.69, 9.17) is 5.11 Å². The van der Waals surface area contributed by atoms with E-state index in [1.165, 1.54) is 16.7 Å². The van der Waals surface area contributed by atoms with Crippen molar-refractivity contribution in [3.8, 4) is 0 Å². The van der Waals surface area contributed by atoms with Crippen LogP contribution >= 0.6 is 0 Å². The summed E-state index contributed by atoms with van der Waals surface area (Å²) in [7, 11) is 0. The molecule has 2 N–H and O–H groups in total. The maximum Gasteiger partial charge on any atom is 0.0445 e. The van der Waals surface area contributed by atoms with Gasteiger partial charge in [0.2, 0.25) is 0 Å². The van der Waals surface area contributed by atoms with Crippen molar-refractivity contribution in [2.45, 2.75) is 39.8 Å². The zero-order valence-electron chi connectivity index (χ0n) is 9.88. The van der Waals surface area contributed by atoms with Crippen LogP contribution in [-0.2, 0) is 6.54 Å². The molecule has 2 nitrogen and oxygen atoms in total. The van der Waals surface area contributed by atoms with Gasteiger partial charge in [0.25, 0.3) is 0 Å². The van der Waals surface area contributed by atoms with Gasteiger partial charge in [-0.15, -0.1) is 0 Å². The summed E-state index contributed by atoms with van der Waals surface area (Å²) in [5, 5.41) is 12.2. The summed E-state index contributed by atoms with van der Waals surface area (Å²) in [4.78, 5) is 0. The monoisotopic (exact) mass is 207 g/mol. The van der Waals surface area contributed by atoms with Gasteiger partial charge in [0.05, 0.1) is 0 Å². The highest BCUT2D eigenvalue weighted by atomic mass is 16.3. The maximum absolute atomic E-state index is 8.78. The molecule has 1 rings (SSSR count). The average molecular weight is 207 g/mol. The Morgan fingerprint density at radius 1 is 1.33 bits per heavy atom. The van der Waals surface area contributed by atoms with E-state index >= 15 is 0 Å². The van der Waals surface area contributed by atoms with E-state index in [1.807, 2.05) is 0 Å². The lowest BCUT2D eigenvalue weighted by atomic mass is 10.1. The first-order valence-corrected chi connectivity index (χ1v) is 5.54. The Kier molecular flexibility index (Phi) is 4.79. The molecule has 1 aromatic rings. The van der Waals surface area contributed by atoms with Gasteiger partial charge < -0.3 is 10.4 Å². The second-order valence-corrected chi connectivity index (χ2v) is 4.22. The van der Waals surface area contributed by atoms with Crippen LogP contribution in [0.5, 0.6) is 0 Å². The highest BCUT2D eigenvalue weighted by Gasteiger charge is 2.02. The quantitative estimate of drug-likeness (QED) is 0.775. The number of hydrogen-bond acceptors (Lipinski definition) is 2. The third-order valence-corrected chi connectivity index (χ3v) is 2.70. The first-order chi connectivity index (χ1) is 7.13. The standard InChI is InChI=1S/C13H21NO/c1-10-4-5-13(11(2)8-10)9-14-12(3)6-7-15/h4-5,8,12,14-15H,6-7,9H2,1-3H3/t12-/m1/s1. The van der Waals surface area contributed by atoms with E-state index in [2.05, 4.69) is 44.3 Å². The Morgan fingerprint density at radius 3 is 2.67 bits per heavy atom. The molecule has 1 aromatic carbocycles. The summed E-state index contributed by atoms with van der Waals surface area (Å²) in [6.07, 6.45) is 0.810. The van der Waals surface area contributed by atoms with E-state index in [1.54, 1.807) is 0 Å². The highest BCUT2D eigenvalue weighted by molar-refractivity contribution is 5.30. The number of aliphatic hydroxyl groups is 1. The minimum Gasteiger partial charge on any atom is -0.396 e. The molecule has 84 valence electrons. The zero-order valence-corrected chi connectivity index (χ0v) is 9.88. The molecule has 0 amide bonds. The molecule has 0 aliphatic heterocycles. The molecular weight excluding hydrogens is 186 g/mol. The van der Waals surface area contributed by atoms with Gasteiger partial charge in [-0.05, 0) is 38.3 Å². The maximum atomic E-state index is 8.78. The Morgan fingerprint density at radius 2 is 2.07 bits per heavy atom. The third kappa shape index (κ3) is 4.02. The molecular formula is C13H21NO. The summed E-state index contributed by atoms with van der Waals surface area (Å²) < 4.78 is 0. The molecule has 0 fully saturated rings. The molecule has 0 aliphatic rings. The van der Waals surface area contributed by atoms with E-state index in [0.29, 0.717) is 6.04 Å². The summed E-state index contributed by atoms with van der Waals surface area (Å²) in [6.45, 7) is 7.48. The first kappa shape index (κ1) is 12.2. The van der Waals surface area contributed by atoms with Crippen molar-refractivity contribution in [1.82, 2.24) is 5.32 Å². The molecule has 0 saturated heterocycles. The number of nitrogens with one attached hydrogen (secondary N) is 1. The lowest BCUT2D eigenvalue weighted by molar-refractivity contribution is 0.268. The molecule has 0 heterocycles. The summed E-state index contributed by atoms with van der Waals surface area (Å²) in [6, 6.07) is 6.88. The normalized spacial score (nSPS) is 12.8. The smallest absolute Gasteiger partial charge is 0.0445 e. The summed E-state index contributed by atoms with van der Waals surface area (Å²) in [5.41, 5.74) is 3.98. The van der Waals surface area contributed by atoms with E-state index in [9.17, 15) is 0 Å². The molecule has 0 bridgehead atoms. The molecule has 15 heavy (non-hydrogen) atoms. The van der Waals surface area contributed by atoms with Crippen LogP contribution in [0.25, 0.3) is 0 Å². The van der Waals surface area contributed by atoms with Gasteiger partial charge in [-0.25, -0.2) is 0 Å². The van der Waals surface area contributed by atoms with Gasteiger partial charge in [0.15, 0.2) is 0 Å². The fourth-order valence-electron chi connectivity index (χ4n) is 1.62. The Labute approximate surface area is 92.3 Å². The lowest BCUT2D eigenvalue weighted by Gasteiger charge is -2.14. The van der Waals surface area contributed by atoms with E-state index < -0.39 is 0 Å². The second-order valence-electron chi connectivity index (χ2n) is 4.22. The molecule has 0 aromatic heterocycles.